The molecule has 4 N–H and O–H groups in total. The van der Waals surface area contributed by atoms with E-state index < -0.39 is 98.8 Å². The Hall–Kier alpha value is -5.09. The standard InChI is InChI=1S/C85H145N4O18P/c1-6-9-12-15-18-21-24-27-30-33-36-39-42-45-48-51-56-99-73-59-70(60-74(100-57-52-49-46-43-40-37-34-31-28-25-22-19-16-13-10-7-2)81(73)101-58-53-50-47-44-41-38-35-32-29-26-23-20-17-14-11-8-3)66-102-79(91)54-55-80(92)106-71-61-77(88-63-68(4)82(93)86-84(88)95)105-76(71)67-103-108(97,98)107-72-62-78(104-75(72)65-90)89-64-69(5)83(94)87-85(89)96/h59-60,63-64,71-72,75-78,90H,6-58,61-62,65-67H2,1-5H3,(H,97,98)(H,86,93,95)(H,87,94,96)/t71-,72-,75-,76-,77-,78-/m1/s1. The van der Waals surface area contributed by atoms with E-state index in [1.54, 1.807) is 0 Å². The SMILES string of the molecule is CCCCCCCCCCCCCCCCCCOc1cc(COC(=O)CCC(=O)O[C@@H]2C[C@H](n3cc(C)c(=O)[nH]c3=O)O[C@@H]2COP(=O)(O)O[C@@H]2C[C@H](n3cc(C)c(=O)[nH]c3=O)O[C@@H]2CO)cc(OCCCCCCCCCCCCCCCCCC)c1OCCCCCCCCCCCCCCCCCC. The van der Waals surface area contributed by atoms with Crippen molar-refractivity contribution in [2.24, 2.45) is 0 Å². The van der Waals surface area contributed by atoms with E-state index in [-0.39, 0.29) is 37.0 Å². The van der Waals surface area contributed by atoms with Gasteiger partial charge < -0.3 is 43.2 Å². The van der Waals surface area contributed by atoms with Crippen molar-refractivity contribution in [1.82, 2.24) is 19.1 Å². The number of aryl methyl sites for hydroxylation is 2. The van der Waals surface area contributed by atoms with Crippen LogP contribution in [-0.2, 0) is 48.8 Å². The Bertz CT molecular complexity index is 3110. The number of phosphoric acid groups is 1. The highest BCUT2D eigenvalue weighted by Gasteiger charge is 2.45. The third kappa shape index (κ3) is 39.9. The van der Waals surface area contributed by atoms with E-state index in [0.29, 0.717) is 42.6 Å². The van der Waals surface area contributed by atoms with Crippen LogP contribution in [0.5, 0.6) is 17.2 Å². The van der Waals surface area contributed by atoms with Crippen molar-refractivity contribution in [3.8, 4) is 17.2 Å². The zero-order valence-electron chi connectivity index (χ0n) is 67.6. The Morgan fingerprint density at radius 2 is 0.787 bits per heavy atom. The molecule has 618 valence electrons. The predicted molar refractivity (Wildman–Crippen MR) is 427 cm³/mol. The maximum Gasteiger partial charge on any atom is 0.472 e. The Kier molecular flexibility index (Phi) is 50.1. The van der Waals surface area contributed by atoms with Crippen molar-refractivity contribution >= 4 is 19.8 Å². The summed E-state index contributed by atoms with van der Waals surface area (Å²) in [7, 11) is -5.05. The Morgan fingerprint density at radius 3 is 1.15 bits per heavy atom. The van der Waals surface area contributed by atoms with Crippen LogP contribution in [-0.4, -0.2) is 98.5 Å². The second-order valence-electron chi connectivity index (χ2n) is 30.8. The number of nitrogens with one attached hydrogen (secondary N) is 2. The first-order valence-electron chi connectivity index (χ1n) is 43.2. The van der Waals surface area contributed by atoms with Crippen molar-refractivity contribution in [3.05, 3.63) is 82.9 Å². The molecule has 2 saturated heterocycles. The van der Waals surface area contributed by atoms with E-state index in [1.165, 1.54) is 277 Å². The molecule has 2 aromatic heterocycles. The summed E-state index contributed by atoms with van der Waals surface area (Å²) in [6.45, 7) is 9.72. The molecule has 0 radical (unpaired) electrons. The topological polar surface area (TPSA) is 284 Å². The van der Waals surface area contributed by atoms with Crippen molar-refractivity contribution in [2.75, 3.05) is 33.0 Å². The number of aliphatic hydroxyl groups is 1. The molecule has 0 saturated carbocycles. The van der Waals surface area contributed by atoms with E-state index in [9.17, 15) is 43.3 Å². The normalized spacial score (nSPS) is 17.7. The monoisotopic (exact) mass is 1540 g/mol. The number of hydrogen-bond donors (Lipinski definition) is 4. The summed E-state index contributed by atoms with van der Waals surface area (Å²) < 4.78 is 70.3. The molecule has 3 aromatic rings. The number of carbonyl (C=O) groups excluding carboxylic acids is 2. The smallest absolute Gasteiger partial charge is 0.472 e. The zero-order valence-corrected chi connectivity index (χ0v) is 68.4. The molecule has 23 heteroatoms. The quantitative estimate of drug-likeness (QED) is 0.0232. The Labute approximate surface area is 647 Å². The lowest BCUT2D eigenvalue weighted by Gasteiger charge is -2.23. The van der Waals surface area contributed by atoms with Gasteiger partial charge in [0.25, 0.3) is 11.1 Å². The summed E-state index contributed by atoms with van der Waals surface area (Å²) in [6, 6.07) is 3.73. The van der Waals surface area contributed by atoms with Crippen LogP contribution in [0.15, 0.2) is 43.7 Å². The number of ether oxygens (including phenoxy) is 7. The number of H-pyrrole nitrogens is 2. The zero-order chi connectivity index (χ0) is 77.7. The molecule has 4 heterocycles. The van der Waals surface area contributed by atoms with Crippen LogP contribution in [0.4, 0.5) is 0 Å². The fraction of sp³-hybridized carbons (Fsp3) is 0.812. The number of aromatic nitrogens is 4. The van der Waals surface area contributed by atoms with Gasteiger partial charge in [-0.15, -0.1) is 0 Å². The summed E-state index contributed by atoms with van der Waals surface area (Å²) in [5.74, 6) is 0.112. The van der Waals surface area contributed by atoms with E-state index in [1.807, 2.05) is 12.1 Å². The molecule has 2 aliphatic rings. The number of hydrogen-bond acceptors (Lipinski definition) is 17. The number of aliphatic hydroxyl groups excluding tert-OH is 1. The van der Waals surface area contributed by atoms with E-state index >= 15 is 0 Å². The van der Waals surface area contributed by atoms with E-state index in [0.717, 1.165) is 66.9 Å². The first-order valence-corrected chi connectivity index (χ1v) is 44.7. The van der Waals surface area contributed by atoms with E-state index in [2.05, 4.69) is 30.7 Å². The van der Waals surface area contributed by atoms with Crippen LogP contribution < -0.4 is 36.7 Å². The van der Waals surface area contributed by atoms with Gasteiger partial charge >= 0.3 is 31.1 Å². The van der Waals surface area contributed by atoms with Gasteiger partial charge in [0, 0.05) is 36.4 Å². The molecule has 7 atom stereocenters. The van der Waals surface area contributed by atoms with Crippen LogP contribution >= 0.6 is 7.82 Å². The highest BCUT2D eigenvalue weighted by molar-refractivity contribution is 7.47. The summed E-state index contributed by atoms with van der Waals surface area (Å²) in [4.78, 5) is 93.0. The number of unbranched alkanes of at least 4 members (excludes halogenated alkanes) is 45. The van der Waals surface area contributed by atoms with Crippen LogP contribution in [0.1, 0.15) is 384 Å². The number of phosphoric ester groups is 1. The summed E-state index contributed by atoms with van der Waals surface area (Å²) in [6.07, 6.45) is 55.3. The molecule has 0 bridgehead atoms. The summed E-state index contributed by atoms with van der Waals surface area (Å²) in [5, 5.41) is 10.1. The van der Waals surface area contributed by atoms with Crippen LogP contribution in [0.25, 0.3) is 0 Å². The number of aromatic amines is 2. The van der Waals surface area contributed by atoms with Crippen molar-refractivity contribution in [3.63, 3.8) is 0 Å². The number of nitrogens with zero attached hydrogens (tertiary/aromatic N) is 2. The largest absolute Gasteiger partial charge is 0.490 e. The van der Waals surface area contributed by atoms with Gasteiger partial charge in [-0.1, -0.05) is 310 Å². The average molecular weight is 1540 g/mol. The molecular weight excluding hydrogens is 1400 g/mol. The lowest BCUT2D eigenvalue weighted by Crippen LogP contribution is -2.33. The number of carbonyl (C=O) groups is 2. The third-order valence-electron chi connectivity index (χ3n) is 21.2. The molecular formula is C85H145N4O18P. The first kappa shape index (κ1) is 93.5. The molecule has 2 fully saturated rings. The minimum Gasteiger partial charge on any atom is -0.490 e. The summed E-state index contributed by atoms with van der Waals surface area (Å²) >= 11 is 0. The van der Waals surface area contributed by atoms with Crippen molar-refractivity contribution in [2.45, 2.75) is 412 Å². The van der Waals surface area contributed by atoms with Gasteiger partial charge in [0.1, 0.15) is 43.5 Å². The van der Waals surface area contributed by atoms with Crippen molar-refractivity contribution in [1.29, 1.82) is 0 Å². The maximum absolute atomic E-state index is 13.7. The van der Waals surface area contributed by atoms with Gasteiger partial charge in [-0.2, -0.15) is 0 Å². The lowest BCUT2D eigenvalue weighted by atomic mass is 10.0. The van der Waals surface area contributed by atoms with Crippen LogP contribution in [0.2, 0.25) is 0 Å². The van der Waals surface area contributed by atoms with Gasteiger partial charge in [-0.3, -0.25) is 47.3 Å². The highest BCUT2D eigenvalue weighted by Crippen LogP contribution is 2.49. The van der Waals surface area contributed by atoms with Gasteiger partial charge in [0.2, 0.25) is 5.75 Å². The Morgan fingerprint density at radius 1 is 0.463 bits per heavy atom. The van der Waals surface area contributed by atoms with Crippen molar-refractivity contribution < 1.29 is 66.4 Å². The molecule has 22 nitrogen and oxygen atoms in total. The van der Waals surface area contributed by atoms with Gasteiger partial charge in [0.05, 0.1) is 45.9 Å². The van der Waals surface area contributed by atoms with Gasteiger partial charge in [-0.05, 0) is 50.8 Å². The molecule has 1 unspecified atom stereocenters. The molecule has 0 aliphatic carbocycles. The predicted octanol–water partition coefficient (Wildman–Crippen LogP) is 20.1. The number of rotatable bonds is 68. The fourth-order valence-corrected chi connectivity index (χ4v) is 15.4. The minimum atomic E-state index is -5.05. The number of esters is 2. The molecule has 1 aromatic carbocycles. The fourth-order valence-electron chi connectivity index (χ4n) is 14.5. The first-order chi connectivity index (χ1) is 52.6. The highest BCUT2D eigenvalue weighted by atomic mass is 31.2. The molecule has 0 spiro atoms. The second-order valence-corrected chi connectivity index (χ2v) is 32.2. The molecule has 108 heavy (non-hydrogen) atoms. The number of benzene rings is 1. The average Bonchev–Trinajstić information content (AvgIpc) is 1.59. The van der Waals surface area contributed by atoms with E-state index in [4.69, 9.17) is 42.2 Å². The molecule has 2 aliphatic heterocycles. The molecule has 5 rings (SSSR count). The van der Waals surface area contributed by atoms with Crippen LogP contribution in [0.3, 0.4) is 0 Å². The Balaban J connectivity index is 1.20. The van der Waals surface area contributed by atoms with Gasteiger partial charge in [0.15, 0.2) is 11.5 Å². The summed E-state index contributed by atoms with van der Waals surface area (Å²) in [5.41, 5.74) is -1.82. The third-order valence-corrected chi connectivity index (χ3v) is 22.2. The van der Waals surface area contributed by atoms with Crippen LogP contribution in [0, 0.1) is 13.8 Å². The lowest BCUT2D eigenvalue weighted by molar-refractivity contribution is -0.156. The maximum atomic E-state index is 13.7. The second kappa shape index (κ2) is 57.9. The molecule has 0 amide bonds. The van der Waals surface area contributed by atoms with Gasteiger partial charge in [-0.25, -0.2) is 14.2 Å². The minimum absolute atomic E-state index is 0.149.